The fraction of sp³-hybridized carbons (Fsp3) is 0.256. The molecule has 0 unspecified atom stereocenters. The molecule has 0 saturated heterocycles. The van der Waals surface area contributed by atoms with Crippen LogP contribution in [0.3, 0.4) is 0 Å². The summed E-state index contributed by atoms with van der Waals surface area (Å²) >= 11 is 5.84. The van der Waals surface area contributed by atoms with E-state index in [9.17, 15) is 28.8 Å². The number of nitrogens with zero attached hydrogens (tertiary/aromatic N) is 3. The number of nitrogen functional groups attached to an aromatic ring is 1. The lowest BCUT2D eigenvalue weighted by Crippen LogP contribution is -2.41. The van der Waals surface area contributed by atoms with E-state index in [-0.39, 0.29) is 53.9 Å². The third-order valence-corrected chi connectivity index (χ3v) is 8.04. The van der Waals surface area contributed by atoms with Crippen LogP contribution in [0.25, 0.3) is 11.2 Å². The quantitative estimate of drug-likeness (QED) is 0.0622. The van der Waals surface area contributed by atoms with Gasteiger partial charge in [0.05, 0.1) is 24.5 Å². The van der Waals surface area contributed by atoms with Crippen molar-refractivity contribution in [3.8, 4) is 5.75 Å². The molecule has 5 rings (SSSR count). The van der Waals surface area contributed by atoms with Crippen LogP contribution in [0.2, 0.25) is 5.02 Å². The van der Waals surface area contributed by atoms with E-state index in [4.69, 9.17) is 37.0 Å². The van der Waals surface area contributed by atoms with E-state index in [2.05, 4.69) is 30.6 Å². The van der Waals surface area contributed by atoms with Gasteiger partial charge in [-0.05, 0) is 107 Å². The zero-order valence-corrected chi connectivity index (χ0v) is 32.0. The van der Waals surface area contributed by atoms with E-state index in [1.165, 1.54) is 18.3 Å². The lowest BCUT2D eigenvalue weighted by Gasteiger charge is -2.25. The monoisotopic (exact) mass is 801 g/mol. The van der Waals surface area contributed by atoms with Crippen molar-refractivity contribution in [2.24, 2.45) is 0 Å². The molecular weight excluding hydrogens is 762 g/mol. The Morgan fingerprint density at radius 2 is 1.49 bits per heavy atom. The lowest BCUT2D eigenvalue weighted by molar-refractivity contribution is -0.163. The number of aliphatic carboxylic acids is 2. The molecule has 2 aromatic heterocycles. The molecule has 0 aliphatic carbocycles. The number of anilines is 2. The van der Waals surface area contributed by atoms with Crippen LogP contribution in [0.15, 0.2) is 83.8 Å². The summed E-state index contributed by atoms with van der Waals surface area (Å²) in [5, 5.41) is 23.8. The van der Waals surface area contributed by atoms with Crippen molar-refractivity contribution in [1.29, 1.82) is 0 Å². The average Bonchev–Trinajstić information content (AvgIpc) is 3.16. The smallest absolute Gasteiger partial charge is 0.350 e. The second kappa shape index (κ2) is 19.1. The number of carbonyl (C=O) groups is 5. The highest BCUT2D eigenvalue weighted by molar-refractivity contribution is 6.30. The number of aromatic nitrogens is 4. The number of amides is 1. The molecule has 0 fully saturated rings. The number of carboxylic acids is 2. The summed E-state index contributed by atoms with van der Waals surface area (Å²) in [5.41, 5.74) is 6.43. The molecule has 0 radical (unpaired) electrons. The molecule has 298 valence electrons. The Bertz CT molecular complexity index is 2300. The van der Waals surface area contributed by atoms with E-state index < -0.39 is 41.0 Å². The largest absolute Gasteiger partial charge is 0.481 e. The van der Waals surface area contributed by atoms with Crippen LogP contribution in [0.5, 0.6) is 5.75 Å². The molecule has 0 saturated carbocycles. The molecule has 1 atom stereocenters. The van der Waals surface area contributed by atoms with Gasteiger partial charge in [0.25, 0.3) is 11.5 Å². The topological polar surface area (TPSA) is 266 Å². The number of ether oxygens (including phenoxy) is 2. The SMILES string of the molecule is CC(C)OC(=O)C(C)(C)Oc1ccc(C(=O)c2ccc(Cl)cc2)cc1.Nc1nc2ncc(CNc3ccc(C(=O)N[C@@H](CCC(=O)O)C(=O)O)cc3)nc2c(=O)[nH]1. The predicted octanol–water partition coefficient (Wildman–Crippen LogP) is 4.64. The Kier molecular flexibility index (Phi) is 14.4. The number of ketones is 1. The van der Waals surface area contributed by atoms with Crippen LogP contribution < -0.4 is 26.7 Å². The van der Waals surface area contributed by atoms with Crippen molar-refractivity contribution in [3.63, 3.8) is 0 Å². The Hall–Kier alpha value is -6.88. The predicted molar refractivity (Wildman–Crippen MR) is 209 cm³/mol. The number of nitrogens with two attached hydrogens (primary N) is 1. The maximum atomic E-state index is 12.4. The number of hydrogen-bond donors (Lipinski definition) is 6. The lowest BCUT2D eigenvalue weighted by atomic mass is 10.0. The second-order valence-corrected chi connectivity index (χ2v) is 13.6. The number of halogens is 1. The van der Waals surface area contributed by atoms with Crippen LogP contribution in [-0.2, 0) is 25.7 Å². The minimum Gasteiger partial charge on any atom is -0.481 e. The number of esters is 1. The van der Waals surface area contributed by atoms with Gasteiger partial charge in [0.15, 0.2) is 22.5 Å². The van der Waals surface area contributed by atoms with Crippen molar-refractivity contribution in [1.82, 2.24) is 25.3 Å². The number of carboxylic acid groups (broad SMARTS) is 2. The molecule has 0 bridgehead atoms. The third kappa shape index (κ3) is 12.6. The van der Waals surface area contributed by atoms with E-state index in [0.717, 1.165) is 0 Å². The zero-order chi connectivity index (χ0) is 41.9. The number of aromatic amines is 1. The van der Waals surface area contributed by atoms with Gasteiger partial charge in [0.2, 0.25) is 5.95 Å². The summed E-state index contributed by atoms with van der Waals surface area (Å²) in [5.74, 6) is -3.22. The Balaban J connectivity index is 0.000000261. The van der Waals surface area contributed by atoms with Gasteiger partial charge in [-0.2, -0.15) is 4.98 Å². The number of carbonyl (C=O) groups excluding carboxylic acids is 3. The fourth-order valence-corrected chi connectivity index (χ4v) is 5.02. The maximum absolute atomic E-state index is 12.4. The van der Waals surface area contributed by atoms with Gasteiger partial charge < -0.3 is 36.1 Å². The minimum atomic E-state index is -1.31. The highest BCUT2D eigenvalue weighted by atomic mass is 35.5. The molecular formula is C39H40ClN7O10. The summed E-state index contributed by atoms with van der Waals surface area (Å²) in [4.78, 5) is 85.0. The van der Waals surface area contributed by atoms with Crippen molar-refractivity contribution >= 4 is 64.0 Å². The summed E-state index contributed by atoms with van der Waals surface area (Å²) in [7, 11) is 0. The molecule has 5 aromatic rings. The molecule has 0 spiro atoms. The highest BCUT2D eigenvalue weighted by Gasteiger charge is 2.32. The van der Waals surface area contributed by atoms with Crippen LogP contribution in [0, 0.1) is 0 Å². The number of hydrogen-bond acceptors (Lipinski definition) is 13. The number of nitrogens with one attached hydrogen (secondary N) is 3. The van der Waals surface area contributed by atoms with Gasteiger partial charge in [-0.3, -0.25) is 24.2 Å². The van der Waals surface area contributed by atoms with Gasteiger partial charge >= 0.3 is 17.9 Å². The van der Waals surface area contributed by atoms with Gasteiger partial charge in [0, 0.05) is 33.8 Å². The molecule has 2 heterocycles. The average molecular weight is 802 g/mol. The maximum Gasteiger partial charge on any atom is 0.350 e. The Morgan fingerprint density at radius 1 is 0.895 bits per heavy atom. The van der Waals surface area contributed by atoms with Gasteiger partial charge in [-0.1, -0.05) is 11.6 Å². The molecule has 1 amide bonds. The normalized spacial score (nSPS) is 11.5. The Labute approximate surface area is 330 Å². The molecule has 0 aliphatic heterocycles. The minimum absolute atomic E-state index is 0.0524. The van der Waals surface area contributed by atoms with Crippen molar-refractivity contribution in [2.75, 3.05) is 11.1 Å². The molecule has 17 nitrogen and oxygen atoms in total. The summed E-state index contributed by atoms with van der Waals surface area (Å²) < 4.78 is 10.9. The van der Waals surface area contributed by atoms with Crippen LogP contribution in [0.1, 0.15) is 72.5 Å². The van der Waals surface area contributed by atoms with Gasteiger partial charge in [-0.25, -0.2) is 19.6 Å². The van der Waals surface area contributed by atoms with Crippen LogP contribution in [0.4, 0.5) is 11.6 Å². The van der Waals surface area contributed by atoms with Crippen molar-refractivity contribution < 1.29 is 43.7 Å². The van der Waals surface area contributed by atoms with E-state index >= 15 is 0 Å². The van der Waals surface area contributed by atoms with E-state index in [1.807, 2.05) is 0 Å². The van der Waals surface area contributed by atoms with E-state index in [0.29, 0.717) is 33.3 Å². The standard InChI is InChI=1S/C20H21ClO4.C19H19N7O6/c1-13(2)24-19(23)20(3,4)25-17-11-7-15(8-12-17)18(22)14-5-9-16(21)10-6-14;20-19-25-15-14(17(30)26-19)23-11(8-22-15)7-21-10-3-1-9(2-4-10)16(29)24-12(18(31)32)5-6-13(27)28/h5-13H,1-4H3;1-4,8,12,21H,5-7H2,(H,24,29)(H,27,28)(H,31,32)(H3,20,22,25,26,30)/t;12-/m.0/s1. The molecule has 57 heavy (non-hydrogen) atoms. The zero-order valence-electron chi connectivity index (χ0n) is 31.2. The third-order valence-electron chi connectivity index (χ3n) is 7.79. The first-order valence-electron chi connectivity index (χ1n) is 17.3. The van der Waals surface area contributed by atoms with Gasteiger partial charge in [-0.15, -0.1) is 0 Å². The molecule has 18 heteroatoms. The summed E-state index contributed by atoms with van der Waals surface area (Å²) in [6.07, 6.45) is 0.627. The summed E-state index contributed by atoms with van der Waals surface area (Å²) in [6.45, 7) is 7.08. The van der Waals surface area contributed by atoms with Crippen LogP contribution in [-0.4, -0.2) is 77.5 Å². The molecule has 7 N–H and O–H groups in total. The van der Waals surface area contributed by atoms with Crippen molar-refractivity contribution in [3.05, 3.63) is 117 Å². The number of benzene rings is 3. The molecule has 3 aromatic carbocycles. The fourth-order valence-electron chi connectivity index (χ4n) is 4.89. The highest BCUT2D eigenvalue weighted by Crippen LogP contribution is 2.22. The Morgan fingerprint density at radius 3 is 2.07 bits per heavy atom. The van der Waals surface area contributed by atoms with E-state index in [1.54, 1.807) is 88.4 Å². The number of rotatable bonds is 15. The summed E-state index contributed by atoms with van der Waals surface area (Å²) in [6, 6.07) is 18.2. The second-order valence-electron chi connectivity index (χ2n) is 13.1. The van der Waals surface area contributed by atoms with Crippen molar-refractivity contribution in [2.45, 2.75) is 64.8 Å². The first-order valence-corrected chi connectivity index (χ1v) is 17.7. The number of fused-ring (bicyclic) bond motifs is 1. The number of H-pyrrole nitrogens is 1. The first kappa shape index (κ1) is 42.9. The van der Waals surface area contributed by atoms with Crippen LogP contribution >= 0.6 is 11.6 Å². The first-order chi connectivity index (χ1) is 26.9. The molecule has 0 aliphatic rings. The van der Waals surface area contributed by atoms with Gasteiger partial charge in [0.1, 0.15) is 11.8 Å².